The minimum absolute atomic E-state index is 0.947. The average Bonchev–Trinajstić information content (AvgIpc) is 2.20. The van der Waals surface area contributed by atoms with E-state index < -0.39 is 16.5 Å². The van der Waals surface area contributed by atoms with E-state index in [2.05, 4.69) is 48.1 Å². The molecule has 0 aromatic heterocycles. The van der Waals surface area contributed by atoms with Gasteiger partial charge in [-0.1, -0.05) is 0 Å². The van der Waals surface area contributed by atoms with Crippen molar-refractivity contribution in [1.82, 2.24) is 4.23 Å². The van der Waals surface area contributed by atoms with Gasteiger partial charge < -0.3 is 0 Å². The molecule has 72 valence electrons. The molecule has 1 saturated heterocycles. The van der Waals surface area contributed by atoms with Crippen LogP contribution in [0, 0.1) is 0 Å². The predicted molar refractivity (Wildman–Crippen MR) is 66.5 cm³/mol. The van der Waals surface area contributed by atoms with Crippen LogP contribution >= 0.6 is 0 Å². The summed E-state index contributed by atoms with van der Waals surface area (Å²) in [5.41, 5.74) is 0. The zero-order valence-corrected chi connectivity index (χ0v) is 12.0. The van der Waals surface area contributed by atoms with Crippen LogP contribution in [0.3, 0.4) is 0 Å². The Balaban J connectivity index is 2.64. The molecule has 4 heteroatoms. The molecular weight excluding hydrogens is 185 g/mol. The van der Waals surface area contributed by atoms with E-state index in [1.807, 2.05) is 0 Å². The van der Waals surface area contributed by atoms with Crippen molar-refractivity contribution in [3.8, 4) is 0 Å². The van der Waals surface area contributed by atoms with Gasteiger partial charge in [0.2, 0.25) is 0 Å². The standard InChI is InChI=1S/C9H22NSi2.Li/c1-6-7-10-11(2,3)8-9-12(10,4)5;/h1,6-9H2,2-5H3;. The van der Waals surface area contributed by atoms with Crippen LogP contribution in [0.25, 0.3) is 0 Å². The molecule has 0 radical (unpaired) electrons. The summed E-state index contributed by atoms with van der Waals surface area (Å²) in [5.74, 6) is 0. The molecule has 1 nitrogen and oxygen atoms in total. The molecule has 0 unspecified atom stereocenters. The third-order valence-electron chi connectivity index (χ3n) is 3.55. The van der Waals surface area contributed by atoms with Crippen molar-refractivity contribution >= 4 is 34.2 Å². The zero-order valence-electron chi connectivity index (χ0n) is 9.98. The summed E-state index contributed by atoms with van der Waals surface area (Å²) in [7, 11) is -1.89. The van der Waals surface area contributed by atoms with E-state index in [-0.39, 0.29) is 0 Å². The summed E-state index contributed by atoms with van der Waals surface area (Å²) >= 11 is 2.30. The number of hydrogen-bond donors (Lipinski definition) is 0. The SMILES string of the molecule is [Li][CH2]CCN1[Si](C)(C)CC[Si]1(C)C. The Hall–Kier alpha value is 0.991. The average molecular weight is 207 g/mol. The molecule has 0 N–H and O–H groups in total. The van der Waals surface area contributed by atoms with E-state index in [4.69, 9.17) is 0 Å². The Morgan fingerprint density at radius 1 is 1.08 bits per heavy atom. The molecule has 13 heavy (non-hydrogen) atoms. The second-order valence-corrected chi connectivity index (χ2v) is 15.4. The van der Waals surface area contributed by atoms with Crippen LogP contribution in [0.5, 0.6) is 0 Å². The first kappa shape index (κ1) is 12.1. The third kappa shape index (κ3) is 2.73. The Morgan fingerprint density at radius 3 is 1.92 bits per heavy atom. The molecule has 1 aliphatic rings. The monoisotopic (exact) mass is 207 g/mol. The number of nitrogens with zero attached hydrogens (tertiary/aromatic N) is 1. The van der Waals surface area contributed by atoms with Crippen molar-refractivity contribution in [2.75, 3.05) is 6.54 Å². The summed E-state index contributed by atoms with van der Waals surface area (Å²) in [6.45, 7) is 11.6. The fourth-order valence-corrected chi connectivity index (χ4v) is 16.8. The third-order valence-corrected chi connectivity index (χ3v) is 14.0. The van der Waals surface area contributed by atoms with E-state index in [0.29, 0.717) is 0 Å². The molecule has 0 aliphatic carbocycles. The van der Waals surface area contributed by atoms with Crippen LogP contribution in [-0.4, -0.2) is 45.0 Å². The molecular formula is C9H22LiNSi2. The Kier molecular flexibility index (Phi) is 3.93. The van der Waals surface area contributed by atoms with Crippen LogP contribution in [0.1, 0.15) is 6.42 Å². The molecule has 0 atom stereocenters. The summed E-state index contributed by atoms with van der Waals surface area (Å²) < 4.78 is 2.98. The molecule has 0 amide bonds. The van der Waals surface area contributed by atoms with Gasteiger partial charge in [-0.2, -0.15) is 0 Å². The van der Waals surface area contributed by atoms with Crippen LogP contribution in [0.15, 0.2) is 0 Å². The van der Waals surface area contributed by atoms with Gasteiger partial charge in [-0.3, -0.25) is 0 Å². The van der Waals surface area contributed by atoms with Gasteiger partial charge in [0.25, 0.3) is 0 Å². The van der Waals surface area contributed by atoms with Crippen LogP contribution in [0.2, 0.25) is 43.4 Å². The molecule has 1 heterocycles. The van der Waals surface area contributed by atoms with Crippen LogP contribution in [-0.2, 0) is 0 Å². The van der Waals surface area contributed by atoms with Gasteiger partial charge in [0.05, 0.1) is 0 Å². The van der Waals surface area contributed by atoms with E-state index in [1.54, 1.807) is 12.1 Å². The summed E-state index contributed by atoms with van der Waals surface area (Å²) in [4.78, 5) is 0. The van der Waals surface area contributed by atoms with Gasteiger partial charge in [0.15, 0.2) is 0 Å². The van der Waals surface area contributed by atoms with Crippen molar-refractivity contribution < 1.29 is 0 Å². The van der Waals surface area contributed by atoms with Crippen LogP contribution in [0.4, 0.5) is 0 Å². The van der Waals surface area contributed by atoms with Crippen molar-refractivity contribution in [3.63, 3.8) is 0 Å². The molecule has 1 fully saturated rings. The molecule has 0 saturated carbocycles. The zero-order chi connectivity index (χ0) is 10.1. The maximum absolute atomic E-state index is 2.98. The molecule has 0 bridgehead atoms. The second kappa shape index (κ2) is 4.24. The topological polar surface area (TPSA) is 3.24 Å². The molecule has 1 rings (SSSR count). The predicted octanol–water partition coefficient (Wildman–Crippen LogP) is 2.69. The fourth-order valence-electron chi connectivity index (χ4n) is 2.62. The Bertz CT molecular complexity index is 166. The fraction of sp³-hybridized carbons (Fsp3) is 1.00. The van der Waals surface area contributed by atoms with Gasteiger partial charge in [0.1, 0.15) is 0 Å². The number of rotatable bonds is 3. The minimum atomic E-state index is -0.947. The first-order valence-corrected chi connectivity index (χ1v) is 12.0. The Labute approximate surface area is 94.7 Å². The first-order valence-electron chi connectivity index (χ1n) is 5.68. The van der Waals surface area contributed by atoms with Crippen molar-refractivity contribution in [2.45, 2.75) is 49.8 Å². The molecule has 1 aliphatic heterocycles. The van der Waals surface area contributed by atoms with E-state index in [9.17, 15) is 0 Å². The molecule has 0 aromatic rings. The van der Waals surface area contributed by atoms with E-state index in [0.717, 1.165) is 0 Å². The summed E-state index contributed by atoms with van der Waals surface area (Å²) in [6, 6.07) is 3.10. The quantitative estimate of drug-likeness (QED) is 0.643. The van der Waals surface area contributed by atoms with E-state index in [1.165, 1.54) is 18.1 Å². The molecule has 0 spiro atoms. The van der Waals surface area contributed by atoms with Gasteiger partial charge in [0, 0.05) is 0 Å². The van der Waals surface area contributed by atoms with Gasteiger partial charge in [-0.15, -0.1) is 0 Å². The maximum atomic E-state index is 2.98. The molecule has 0 aromatic carbocycles. The van der Waals surface area contributed by atoms with Crippen molar-refractivity contribution in [1.29, 1.82) is 0 Å². The van der Waals surface area contributed by atoms with Gasteiger partial charge in [-0.25, -0.2) is 0 Å². The first-order chi connectivity index (χ1) is 5.90. The Morgan fingerprint density at radius 2 is 1.54 bits per heavy atom. The normalized spacial score (nSPS) is 26.6. The van der Waals surface area contributed by atoms with Gasteiger partial charge in [-0.05, 0) is 0 Å². The summed E-state index contributed by atoms with van der Waals surface area (Å²) in [5, 5.41) is 1.35. The van der Waals surface area contributed by atoms with Gasteiger partial charge >= 0.3 is 94.8 Å². The summed E-state index contributed by atoms with van der Waals surface area (Å²) in [6.07, 6.45) is 1.41. The number of hydrogen-bond acceptors (Lipinski definition) is 1. The van der Waals surface area contributed by atoms with Crippen molar-refractivity contribution in [3.05, 3.63) is 0 Å². The second-order valence-electron chi connectivity index (χ2n) is 5.63. The van der Waals surface area contributed by atoms with Crippen molar-refractivity contribution in [2.24, 2.45) is 0 Å². The van der Waals surface area contributed by atoms with E-state index >= 15 is 0 Å². The van der Waals surface area contributed by atoms with Crippen LogP contribution < -0.4 is 0 Å².